The zero-order valence-electron chi connectivity index (χ0n) is 11.1. The van der Waals surface area contributed by atoms with E-state index in [4.69, 9.17) is 29.6 Å². The molecule has 1 aromatic rings. The van der Waals surface area contributed by atoms with Crippen LogP contribution in [0.5, 0.6) is 0 Å². The van der Waals surface area contributed by atoms with E-state index in [0.29, 0.717) is 34.4 Å². The van der Waals surface area contributed by atoms with E-state index in [1.54, 1.807) is 23.1 Å². The van der Waals surface area contributed by atoms with E-state index in [9.17, 15) is 4.79 Å². The standard InChI is InChI=1S/C13H18ClN3OS/c1-3-17(4-2)12(18)8-16-11-6-5-9(13(15)19)7-10(11)14/h5-7,16H,3-4,8H2,1-2H3,(H2,15,19). The predicted molar refractivity (Wildman–Crippen MR) is 83.8 cm³/mol. The van der Waals surface area contributed by atoms with Crippen molar-refractivity contribution in [3.8, 4) is 0 Å². The van der Waals surface area contributed by atoms with Gasteiger partial charge in [-0.1, -0.05) is 23.8 Å². The summed E-state index contributed by atoms with van der Waals surface area (Å²) in [5.41, 5.74) is 6.93. The number of hydrogen-bond acceptors (Lipinski definition) is 3. The SMILES string of the molecule is CCN(CC)C(=O)CNc1ccc(C(N)=S)cc1Cl. The van der Waals surface area contributed by atoms with Gasteiger partial charge in [0, 0.05) is 18.7 Å². The Bertz CT molecular complexity index is 475. The number of thiocarbonyl (C=S) groups is 1. The first kappa shape index (κ1) is 15.7. The molecule has 0 spiro atoms. The molecule has 0 heterocycles. The normalized spacial score (nSPS) is 10.1. The van der Waals surface area contributed by atoms with Crippen LogP contribution in [0.25, 0.3) is 0 Å². The number of nitrogens with two attached hydrogens (primary N) is 1. The summed E-state index contributed by atoms with van der Waals surface area (Å²) in [6.07, 6.45) is 0. The van der Waals surface area contributed by atoms with Gasteiger partial charge in [-0.3, -0.25) is 4.79 Å². The zero-order chi connectivity index (χ0) is 14.4. The summed E-state index contributed by atoms with van der Waals surface area (Å²) in [6.45, 7) is 5.51. The molecule has 0 aliphatic rings. The lowest BCUT2D eigenvalue weighted by Crippen LogP contribution is -2.35. The van der Waals surface area contributed by atoms with Crippen molar-refractivity contribution in [1.29, 1.82) is 0 Å². The number of benzene rings is 1. The average Bonchev–Trinajstić information content (AvgIpc) is 2.38. The Labute approximate surface area is 123 Å². The zero-order valence-corrected chi connectivity index (χ0v) is 12.6. The molecule has 0 aliphatic heterocycles. The van der Waals surface area contributed by atoms with Gasteiger partial charge in [0.15, 0.2) is 0 Å². The van der Waals surface area contributed by atoms with Crippen LogP contribution in [0.15, 0.2) is 18.2 Å². The number of rotatable bonds is 6. The van der Waals surface area contributed by atoms with Crippen molar-refractivity contribution in [3.63, 3.8) is 0 Å². The molecule has 0 unspecified atom stereocenters. The van der Waals surface area contributed by atoms with E-state index in [2.05, 4.69) is 5.32 Å². The molecule has 0 saturated carbocycles. The summed E-state index contributed by atoms with van der Waals surface area (Å²) in [5, 5.41) is 3.52. The van der Waals surface area contributed by atoms with Crippen molar-refractivity contribution in [1.82, 2.24) is 4.90 Å². The van der Waals surface area contributed by atoms with Crippen LogP contribution in [0.1, 0.15) is 19.4 Å². The summed E-state index contributed by atoms with van der Waals surface area (Å²) in [5.74, 6) is 0.0412. The maximum Gasteiger partial charge on any atom is 0.241 e. The molecule has 1 amide bonds. The van der Waals surface area contributed by atoms with E-state index in [-0.39, 0.29) is 12.5 Å². The van der Waals surface area contributed by atoms with Crippen LogP contribution in [0, 0.1) is 0 Å². The molecule has 19 heavy (non-hydrogen) atoms. The number of likely N-dealkylation sites (N-methyl/N-ethyl adjacent to an activating group) is 1. The third-order valence-electron chi connectivity index (χ3n) is 2.80. The van der Waals surface area contributed by atoms with Crippen molar-refractivity contribution >= 4 is 40.4 Å². The summed E-state index contributed by atoms with van der Waals surface area (Å²) in [6, 6.07) is 5.23. The molecule has 1 rings (SSSR count). The van der Waals surface area contributed by atoms with Gasteiger partial charge in [-0.2, -0.15) is 0 Å². The molecule has 104 valence electrons. The molecule has 4 nitrogen and oxygen atoms in total. The molecule has 3 N–H and O–H groups in total. The minimum absolute atomic E-state index is 0.0412. The third kappa shape index (κ3) is 4.36. The maximum atomic E-state index is 11.8. The van der Waals surface area contributed by atoms with Gasteiger partial charge >= 0.3 is 0 Å². The highest BCUT2D eigenvalue weighted by Crippen LogP contribution is 2.22. The number of anilines is 1. The first-order chi connectivity index (χ1) is 8.99. The van der Waals surface area contributed by atoms with Crippen molar-refractivity contribution in [2.24, 2.45) is 5.73 Å². The van der Waals surface area contributed by atoms with E-state index >= 15 is 0 Å². The Kier molecular flexibility index (Phi) is 6.05. The smallest absolute Gasteiger partial charge is 0.241 e. The minimum atomic E-state index is 0.0412. The molecule has 0 saturated heterocycles. The number of carbonyl (C=O) groups excluding carboxylic acids is 1. The Morgan fingerprint density at radius 3 is 2.53 bits per heavy atom. The maximum absolute atomic E-state index is 11.8. The number of halogens is 1. The second kappa shape index (κ2) is 7.31. The van der Waals surface area contributed by atoms with Crippen LogP contribution in [0.2, 0.25) is 5.02 Å². The molecule has 0 aromatic heterocycles. The largest absolute Gasteiger partial charge is 0.389 e. The molecular formula is C13H18ClN3OS. The number of amides is 1. The second-order valence-corrected chi connectivity index (χ2v) is 4.83. The summed E-state index contributed by atoms with van der Waals surface area (Å²) >= 11 is 11.0. The molecule has 6 heteroatoms. The number of carbonyl (C=O) groups is 1. The van der Waals surface area contributed by atoms with Gasteiger partial charge in [0.1, 0.15) is 4.99 Å². The van der Waals surface area contributed by atoms with Crippen molar-refractivity contribution in [2.75, 3.05) is 25.0 Å². The van der Waals surface area contributed by atoms with Crippen LogP contribution in [0.3, 0.4) is 0 Å². The van der Waals surface area contributed by atoms with Crippen molar-refractivity contribution in [2.45, 2.75) is 13.8 Å². The van der Waals surface area contributed by atoms with Crippen LogP contribution in [-0.4, -0.2) is 35.4 Å². The fourth-order valence-electron chi connectivity index (χ4n) is 1.67. The average molecular weight is 300 g/mol. The van der Waals surface area contributed by atoms with Gasteiger partial charge in [-0.25, -0.2) is 0 Å². The second-order valence-electron chi connectivity index (χ2n) is 3.98. The van der Waals surface area contributed by atoms with Crippen LogP contribution >= 0.6 is 23.8 Å². The Hall–Kier alpha value is -1.33. The monoisotopic (exact) mass is 299 g/mol. The van der Waals surface area contributed by atoms with E-state index < -0.39 is 0 Å². The topological polar surface area (TPSA) is 58.4 Å². The van der Waals surface area contributed by atoms with Gasteiger partial charge in [-0.05, 0) is 32.0 Å². The Morgan fingerprint density at radius 2 is 2.05 bits per heavy atom. The number of hydrogen-bond donors (Lipinski definition) is 2. The first-order valence-electron chi connectivity index (χ1n) is 6.10. The fourth-order valence-corrected chi connectivity index (χ4v) is 2.05. The van der Waals surface area contributed by atoms with Crippen LogP contribution in [0.4, 0.5) is 5.69 Å². The summed E-state index contributed by atoms with van der Waals surface area (Å²) in [7, 11) is 0. The van der Waals surface area contributed by atoms with Crippen LogP contribution in [-0.2, 0) is 4.79 Å². The highest BCUT2D eigenvalue weighted by atomic mass is 35.5. The molecule has 1 aromatic carbocycles. The lowest BCUT2D eigenvalue weighted by atomic mass is 10.2. The quantitative estimate of drug-likeness (QED) is 0.791. The molecule has 0 radical (unpaired) electrons. The first-order valence-corrected chi connectivity index (χ1v) is 6.89. The molecular weight excluding hydrogens is 282 g/mol. The van der Waals surface area contributed by atoms with Crippen molar-refractivity contribution < 1.29 is 4.79 Å². The highest BCUT2D eigenvalue weighted by molar-refractivity contribution is 7.80. The summed E-state index contributed by atoms with van der Waals surface area (Å²) in [4.78, 5) is 13.9. The third-order valence-corrected chi connectivity index (χ3v) is 3.35. The Balaban J connectivity index is 2.68. The van der Waals surface area contributed by atoms with Gasteiger partial charge < -0.3 is 16.0 Å². The van der Waals surface area contributed by atoms with Gasteiger partial charge in [0.05, 0.1) is 17.3 Å². The number of nitrogens with zero attached hydrogens (tertiary/aromatic N) is 1. The number of nitrogens with one attached hydrogen (secondary N) is 1. The molecule has 0 bridgehead atoms. The molecule has 0 fully saturated rings. The van der Waals surface area contributed by atoms with E-state index in [1.807, 2.05) is 13.8 Å². The van der Waals surface area contributed by atoms with Gasteiger partial charge in [0.2, 0.25) is 5.91 Å². The van der Waals surface area contributed by atoms with Gasteiger partial charge in [0.25, 0.3) is 0 Å². The minimum Gasteiger partial charge on any atom is -0.389 e. The predicted octanol–water partition coefficient (Wildman–Crippen LogP) is 2.25. The van der Waals surface area contributed by atoms with Crippen molar-refractivity contribution in [3.05, 3.63) is 28.8 Å². The lowest BCUT2D eigenvalue weighted by molar-refractivity contribution is -0.128. The van der Waals surface area contributed by atoms with Gasteiger partial charge in [-0.15, -0.1) is 0 Å². The molecule has 0 atom stereocenters. The summed E-state index contributed by atoms with van der Waals surface area (Å²) < 4.78 is 0. The highest BCUT2D eigenvalue weighted by Gasteiger charge is 2.10. The van der Waals surface area contributed by atoms with E-state index in [0.717, 1.165) is 0 Å². The molecule has 0 aliphatic carbocycles. The van der Waals surface area contributed by atoms with E-state index in [1.165, 1.54) is 0 Å². The van der Waals surface area contributed by atoms with Crippen LogP contribution < -0.4 is 11.1 Å². The fraction of sp³-hybridized carbons (Fsp3) is 0.385. The lowest BCUT2D eigenvalue weighted by Gasteiger charge is -2.19. The Morgan fingerprint density at radius 1 is 1.42 bits per heavy atom.